The number of guanidine groups is 1. The van der Waals surface area contributed by atoms with Crippen molar-refractivity contribution >= 4 is 11.9 Å². The summed E-state index contributed by atoms with van der Waals surface area (Å²) in [6.45, 7) is 8.36. The lowest BCUT2D eigenvalue weighted by Gasteiger charge is -2.33. The van der Waals surface area contributed by atoms with E-state index in [1.54, 1.807) is 7.11 Å². The number of hydrogen-bond acceptors (Lipinski definition) is 3. The van der Waals surface area contributed by atoms with Gasteiger partial charge in [-0.1, -0.05) is 6.92 Å². The van der Waals surface area contributed by atoms with Crippen molar-refractivity contribution in [2.24, 2.45) is 10.9 Å². The molecule has 0 bridgehead atoms. The van der Waals surface area contributed by atoms with Gasteiger partial charge in [-0.2, -0.15) is 0 Å². The zero-order chi connectivity index (χ0) is 14.8. The standard InChI is InChI=1S/C14H28N4O2/c1-4-15-14(18-8-5-6-12(2)11-18)17-10-13(19)16-7-9-20-3/h12H,4-11H2,1-3H3,(H,15,17)(H,16,19). The number of amides is 1. The second-order valence-corrected chi connectivity index (χ2v) is 5.21. The van der Waals surface area contributed by atoms with Crippen LogP contribution in [0.3, 0.4) is 0 Å². The fourth-order valence-corrected chi connectivity index (χ4v) is 2.30. The first-order chi connectivity index (χ1) is 9.67. The highest BCUT2D eigenvalue weighted by Gasteiger charge is 2.19. The molecule has 1 amide bonds. The smallest absolute Gasteiger partial charge is 0.241 e. The summed E-state index contributed by atoms with van der Waals surface area (Å²) in [6, 6.07) is 0. The van der Waals surface area contributed by atoms with Crippen LogP contribution in [0.15, 0.2) is 4.99 Å². The van der Waals surface area contributed by atoms with Gasteiger partial charge in [0, 0.05) is 33.3 Å². The molecule has 1 aliphatic rings. The maximum absolute atomic E-state index is 11.7. The van der Waals surface area contributed by atoms with E-state index in [9.17, 15) is 4.79 Å². The van der Waals surface area contributed by atoms with Crippen molar-refractivity contribution in [2.75, 3.05) is 46.4 Å². The van der Waals surface area contributed by atoms with Crippen LogP contribution >= 0.6 is 0 Å². The molecule has 0 saturated carbocycles. The van der Waals surface area contributed by atoms with Crippen molar-refractivity contribution in [3.63, 3.8) is 0 Å². The molecule has 1 rings (SSSR count). The minimum absolute atomic E-state index is 0.0671. The van der Waals surface area contributed by atoms with Gasteiger partial charge in [-0.3, -0.25) is 4.79 Å². The predicted octanol–water partition coefficient (Wildman–Crippen LogP) is 0.446. The van der Waals surface area contributed by atoms with Gasteiger partial charge in [0.2, 0.25) is 5.91 Å². The van der Waals surface area contributed by atoms with Crippen molar-refractivity contribution in [3.05, 3.63) is 0 Å². The molecule has 116 valence electrons. The van der Waals surface area contributed by atoms with Gasteiger partial charge in [-0.05, 0) is 25.7 Å². The molecular formula is C14H28N4O2. The maximum Gasteiger partial charge on any atom is 0.241 e. The summed E-state index contributed by atoms with van der Waals surface area (Å²) in [6.07, 6.45) is 2.46. The molecule has 0 aromatic carbocycles. The average Bonchev–Trinajstić information content (AvgIpc) is 2.43. The molecule has 1 unspecified atom stereocenters. The maximum atomic E-state index is 11.7. The Morgan fingerprint density at radius 3 is 2.90 bits per heavy atom. The Balaban J connectivity index is 2.47. The third kappa shape index (κ3) is 6.23. The fraction of sp³-hybridized carbons (Fsp3) is 0.857. The van der Waals surface area contributed by atoms with Crippen LogP contribution in [-0.4, -0.2) is 63.2 Å². The third-order valence-electron chi connectivity index (χ3n) is 3.29. The number of carbonyl (C=O) groups is 1. The van der Waals surface area contributed by atoms with Gasteiger partial charge in [0.1, 0.15) is 6.54 Å². The van der Waals surface area contributed by atoms with Crippen LogP contribution in [0.2, 0.25) is 0 Å². The van der Waals surface area contributed by atoms with Gasteiger partial charge in [0.15, 0.2) is 5.96 Å². The average molecular weight is 284 g/mol. The second-order valence-electron chi connectivity index (χ2n) is 5.21. The zero-order valence-electron chi connectivity index (χ0n) is 12.9. The Labute approximate surface area is 122 Å². The molecular weight excluding hydrogens is 256 g/mol. The lowest BCUT2D eigenvalue weighted by molar-refractivity contribution is -0.119. The Kier molecular flexibility index (Phi) is 8.02. The largest absolute Gasteiger partial charge is 0.383 e. The number of likely N-dealkylation sites (tertiary alicyclic amines) is 1. The number of piperidine rings is 1. The zero-order valence-corrected chi connectivity index (χ0v) is 12.9. The minimum atomic E-state index is -0.0671. The summed E-state index contributed by atoms with van der Waals surface area (Å²) >= 11 is 0. The minimum Gasteiger partial charge on any atom is -0.383 e. The van der Waals surface area contributed by atoms with Gasteiger partial charge in [0.05, 0.1) is 6.61 Å². The molecule has 20 heavy (non-hydrogen) atoms. The number of nitrogens with zero attached hydrogens (tertiary/aromatic N) is 2. The van der Waals surface area contributed by atoms with Crippen LogP contribution in [0.5, 0.6) is 0 Å². The van der Waals surface area contributed by atoms with Crippen LogP contribution in [-0.2, 0) is 9.53 Å². The summed E-state index contributed by atoms with van der Waals surface area (Å²) in [7, 11) is 1.62. The van der Waals surface area contributed by atoms with Gasteiger partial charge >= 0.3 is 0 Å². The summed E-state index contributed by atoms with van der Waals surface area (Å²) in [5.74, 6) is 1.46. The molecule has 1 saturated heterocycles. The van der Waals surface area contributed by atoms with Crippen molar-refractivity contribution in [1.82, 2.24) is 15.5 Å². The monoisotopic (exact) mass is 284 g/mol. The Hall–Kier alpha value is -1.30. The van der Waals surface area contributed by atoms with E-state index in [0.717, 1.165) is 25.6 Å². The quantitative estimate of drug-likeness (QED) is 0.422. The van der Waals surface area contributed by atoms with Crippen molar-refractivity contribution in [2.45, 2.75) is 26.7 Å². The van der Waals surface area contributed by atoms with Gasteiger partial charge in [-0.15, -0.1) is 0 Å². The van der Waals surface area contributed by atoms with E-state index in [1.807, 2.05) is 6.92 Å². The Morgan fingerprint density at radius 1 is 1.45 bits per heavy atom. The first kappa shape index (κ1) is 16.8. The fourth-order valence-electron chi connectivity index (χ4n) is 2.30. The summed E-state index contributed by atoms with van der Waals surface area (Å²) in [5, 5.41) is 6.04. The first-order valence-electron chi connectivity index (χ1n) is 7.46. The summed E-state index contributed by atoms with van der Waals surface area (Å²) in [5.41, 5.74) is 0. The van der Waals surface area contributed by atoms with E-state index < -0.39 is 0 Å². The highest BCUT2D eigenvalue weighted by molar-refractivity contribution is 5.85. The van der Waals surface area contributed by atoms with Gasteiger partial charge in [0.25, 0.3) is 0 Å². The lowest BCUT2D eigenvalue weighted by Crippen LogP contribution is -2.46. The molecule has 0 radical (unpaired) electrons. The first-order valence-corrected chi connectivity index (χ1v) is 7.46. The molecule has 0 aliphatic carbocycles. The lowest BCUT2D eigenvalue weighted by atomic mass is 10.0. The van der Waals surface area contributed by atoms with Crippen molar-refractivity contribution < 1.29 is 9.53 Å². The molecule has 1 heterocycles. The van der Waals surface area contributed by atoms with E-state index in [0.29, 0.717) is 19.1 Å². The van der Waals surface area contributed by atoms with Crippen LogP contribution in [0, 0.1) is 5.92 Å². The second kappa shape index (κ2) is 9.58. The van der Waals surface area contributed by atoms with E-state index in [-0.39, 0.29) is 12.5 Å². The Morgan fingerprint density at radius 2 is 2.25 bits per heavy atom. The van der Waals surface area contributed by atoms with E-state index in [4.69, 9.17) is 4.74 Å². The number of rotatable bonds is 6. The number of ether oxygens (including phenoxy) is 1. The molecule has 6 heteroatoms. The van der Waals surface area contributed by atoms with E-state index in [2.05, 4.69) is 27.4 Å². The summed E-state index contributed by atoms with van der Waals surface area (Å²) in [4.78, 5) is 18.3. The molecule has 0 aromatic rings. The van der Waals surface area contributed by atoms with E-state index >= 15 is 0 Å². The Bertz CT molecular complexity index is 320. The SMILES string of the molecule is CCNC(=NCC(=O)NCCOC)N1CCCC(C)C1. The van der Waals surface area contributed by atoms with Crippen molar-refractivity contribution in [1.29, 1.82) is 0 Å². The van der Waals surface area contributed by atoms with Gasteiger partial charge in [-0.25, -0.2) is 4.99 Å². The molecule has 6 nitrogen and oxygen atoms in total. The van der Waals surface area contributed by atoms with Crippen LogP contribution in [0.1, 0.15) is 26.7 Å². The highest BCUT2D eigenvalue weighted by atomic mass is 16.5. The number of nitrogens with one attached hydrogen (secondary N) is 2. The van der Waals surface area contributed by atoms with Crippen LogP contribution < -0.4 is 10.6 Å². The van der Waals surface area contributed by atoms with Gasteiger partial charge < -0.3 is 20.3 Å². The number of carbonyl (C=O) groups excluding carboxylic acids is 1. The molecule has 1 aliphatic heterocycles. The molecule has 0 spiro atoms. The number of aliphatic imine (C=N–C) groups is 1. The van der Waals surface area contributed by atoms with Crippen LogP contribution in [0.25, 0.3) is 0 Å². The summed E-state index contributed by atoms with van der Waals surface area (Å²) < 4.78 is 4.89. The van der Waals surface area contributed by atoms with Crippen molar-refractivity contribution in [3.8, 4) is 0 Å². The predicted molar refractivity (Wildman–Crippen MR) is 80.8 cm³/mol. The number of hydrogen-bond donors (Lipinski definition) is 2. The topological polar surface area (TPSA) is 66.0 Å². The molecule has 1 fully saturated rings. The molecule has 1 atom stereocenters. The molecule has 0 aromatic heterocycles. The molecule has 2 N–H and O–H groups in total. The van der Waals surface area contributed by atoms with E-state index in [1.165, 1.54) is 12.8 Å². The van der Waals surface area contributed by atoms with Crippen LogP contribution in [0.4, 0.5) is 0 Å². The third-order valence-corrected chi connectivity index (χ3v) is 3.29. The highest BCUT2D eigenvalue weighted by Crippen LogP contribution is 2.15. The normalized spacial score (nSPS) is 19.9. The number of methoxy groups -OCH3 is 1.